The molecule has 0 saturated carbocycles. The molecular formula is C12H20N4O3S. The maximum Gasteiger partial charge on any atom is 0.316 e. The Labute approximate surface area is 119 Å². The minimum atomic E-state index is -3.67. The fraction of sp³-hybridized carbons (Fsp3) is 0.417. The van der Waals surface area contributed by atoms with Crippen LogP contribution in [0.4, 0.5) is 10.5 Å². The molecule has 0 aromatic heterocycles. The van der Waals surface area contributed by atoms with Crippen LogP contribution in [0.15, 0.2) is 23.1 Å². The molecule has 7 nitrogen and oxygen atoms in total. The van der Waals surface area contributed by atoms with Crippen molar-refractivity contribution in [3.63, 3.8) is 0 Å². The number of sulfonamides is 1. The van der Waals surface area contributed by atoms with Crippen LogP contribution in [-0.4, -0.2) is 46.5 Å². The maximum atomic E-state index is 12.0. The summed E-state index contributed by atoms with van der Waals surface area (Å²) < 4.78 is 26.4. The Morgan fingerprint density at radius 3 is 2.50 bits per heavy atom. The van der Waals surface area contributed by atoms with Gasteiger partial charge in [-0.15, -0.1) is 0 Å². The van der Waals surface area contributed by atoms with Gasteiger partial charge >= 0.3 is 6.03 Å². The third-order valence-electron chi connectivity index (χ3n) is 2.55. The van der Waals surface area contributed by atoms with Crippen molar-refractivity contribution in [2.75, 3.05) is 32.9 Å². The van der Waals surface area contributed by atoms with Crippen molar-refractivity contribution in [2.45, 2.75) is 11.8 Å². The zero-order valence-corrected chi connectivity index (χ0v) is 12.6. The fourth-order valence-corrected chi connectivity index (χ4v) is 2.65. The molecule has 0 radical (unpaired) electrons. The quantitative estimate of drug-likeness (QED) is 0.531. The SMILES string of the molecule is Cc1ccc(S(=O)(=O)NCCNC(=O)N(C)C)c(N)c1. The van der Waals surface area contributed by atoms with E-state index in [0.717, 1.165) is 5.56 Å². The molecule has 0 saturated heterocycles. The van der Waals surface area contributed by atoms with E-state index in [1.807, 2.05) is 6.92 Å². The van der Waals surface area contributed by atoms with Gasteiger partial charge in [0.1, 0.15) is 4.90 Å². The molecule has 112 valence electrons. The van der Waals surface area contributed by atoms with Crippen molar-refractivity contribution >= 4 is 21.7 Å². The largest absolute Gasteiger partial charge is 0.398 e. The highest BCUT2D eigenvalue weighted by atomic mass is 32.2. The predicted molar refractivity (Wildman–Crippen MR) is 77.9 cm³/mol. The van der Waals surface area contributed by atoms with Crippen LogP contribution in [0.5, 0.6) is 0 Å². The third kappa shape index (κ3) is 4.39. The molecule has 0 fully saturated rings. The lowest BCUT2D eigenvalue weighted by Gasteiger charge is -2.13. The molecule has 1 rings (SSSR count). The standard InChI is InChI=1S/C12H20N4O3S/c1-9-4-5-11(10(13)8-9)20(18,19)15-7-6-14-12(17)16(2)3/h4-5,8,15H,6-7,13H2,1-3H3,(H,14,17). The molecule has 0 atom stereocenters. The molecule has 0 aliphatic carbocycles. The van der Waals surface area contributed by atoms with Crippen LogP contribution in [0.3, 0.4) is 0 Å². The van der Waals surface area contributed by atoms with E-state index in [9.17, 15) is 13.2 Å². The first kappa shape index (κ1) is 16.3. The molecule has 8 heteroatoms. The van der Waals surface area contributed by atoms with Gasteiger partial charge in [-0.1, -0.05) is 6.07 Å². The van der Waals surface area contributed by atoms with Crippen LogP contribution in [0, 0.1) is 6.92 Å². The summed E-state index contributed by atoms with van der Waals surface area (Å²) in [5.74, 6) is 0. The average molecular weight is 300 g/mol. The highest BCUT2D eigenvalue weighted by molar-refractivity contribution is 7.89. The zero-order valence-electron chi connectivity index (χ0n) is 11.8. The normalized spacial score (nSPS) is 11.2. The van der Waals surface area contributed by atoms with Gasteiger partial charge in [-0.2, -0.15) is 0 Å². The van der Waals surface area contributed by atoms with Gasteiger partial charge in [0, 0.05) is 27.2 Å². The summed E-state index contributed by atoms with van der Waals surface area (Å²) in [5, 5.41) is 2.56. The monoisotopic (exact) mass is 300 g/mol. The summed E-state index contributed by atoms with van der Waals surface area (Å²) in [7, 11) is -0.458. The minimum absolute atomic E-state index is 0.0436. The molecule has 0 bridgehead atoms. The van der Waals surface area contributed by atoms with E-state index in [-0.39, 0.29) is 29.7 Å². The van der Waals surface area contributed by atoms with Gasteiger partial charge in [0.15, 0.2) is 0 Å². The van der Waals surface area contributed by atoms with Crippen molar-refractivity contribution in [1.29, 1.82) is 0 Å². The van der Waals surface area contributed by atoms with Crippen LogP contribution < -0.4 is 15.8 Å². The number of nitrogens with two attached hydrogens (primary N) is 1. The first-order valence-corrected chi connectivity index (χ1v) is 7.53. The lowest BCUT2D eigenvalue weighted by atomic mass is 10.2. The number of nitrogen functional groups attached to an aromatic ring is 1. The van der Waals surface area contributed by atoms with Gasteiger partial charge in [-0.05, 0) is 24.6 Å². The number of aryl methyl sites for hydroxylation is 1. The van der Waals surface area contributed by atoms with Crippen LogP contribution >= 0.6 is 0 Å². The molecule has 0 spiro atoms. The first-order chi connectivity index (χ1) is 9.24. The van der Waals surface area contributed by atoms with E-state index in [4.69, 9.17) is 5.73 Å². The lowest BCUT2D eigenvalue weighted by molar-refractivity contribution is 0.217. The second kappa shape index (κ2) is 6.58. The number of hydrogen-bond donors (Lipinski definition) is 3. The number of nitrogens with zero attached hydrogens (tertiary/aromatic N) is 1. The van der Waals surface area contributed by atoms with Crippen molar-refractivity contribution in [3.05, 3.63) is 23.8 Å². The highest BCUT2D eigenvalue weighted by Crippen LogP contribution is 2.18. The van der Waals surface area contributed by atoms with Gasteiger partial charge in [0.05, 0.1) is 5.69 Å². The Kier molecular flexibility index (Phi) is 5.34. The Bertz CT molecular complexity index is 584. The van der Waals surface area contributed by atoms with E-state index in [1.165, 1.54) is 11.0 Å². The molecule has 0 heterocycles. The average Bonchev–Trinajstić information content (AvgIpc) is 2.33. The lowest BCUT2D eigenvalue weighted by Crippen LogP contribution is -2.39. The summed E-state index contributed by atoms with van der Waals surface area (Å²) in [6.45, 7) is 2.12. The molecule has 4 N–H and O–H groups in total. The van der Waals surface area contributed by atoms with Gasteiger partial charge < -0.3 is 16.0 Å². The second-order valence-electron chi connectivity index (χ2n) is 4.57. The maximum absolute atomic E-state index is 12.0. The molecule has 1 aromatic rings. The van der Waals surface area contributed by atoms with E-state index in [2.05, 4.69) is 10.0 Å². The Morgan fingerprint density at radius 1 is 1.30 bits per heavy atom. The third-order valence-corrected chi connectivity index (χ3v) is 4.09. The second-order valence-corrected chi connectivity index (χ2v) is 6.30. The number of carbonyl (C=O) groups excluding carboxylic acids is 1. The topological polar surface area (TPSA) is 105 Å². The van der Waals surface area contributed by atoms with E-state index >= 15 is 0 Å². The van der Waals surface area contributed by atoms with Crippen LogP contribution in [0.2, 0.25) is 0 Å². The van der Waals surface area contributed by atoms with Crippen molar-refractivity contribution in [3.8, 4) is 0 Å². The van der Waals surface area contributed by atoms with Crippen molar-refractivity contribution in [2.24, 2.45) is 0 Å². The Hall–Kier alpha value is -1.80. The Morgan fingerprint density at radius 2 is 1.95 bits per heavy atom. The summed E-state index contributed by atoms with van der Waals surface area (Å²) in [6.07, 6.45) is 0. The van der Waals surface area contributed by atoms with Gasteiger partial charge in [-0.25, -0.2) is 17.9 Å². The number of benzene rings is 1. The number of rotatable bonds is 5. The minimum Gasteiger partial charge on any atom is -0.398 e. The smallest absolute Gasteiger partial charge is 0.316 e. The summed E-state index contributed by atoms with van der Waals surface area (Å²) >= 11 is 0. The number of carbonyl (C=O) groups is 1. The van der Waals surface area contributed by atoms with E-state index in [0.29, 0.717) is 0 Å². The number of urea groups is 1. The van der Waals surface area contributed by atoms with Gasteiger partial charge in [0.25, 0.3) is 0 Å². The van der Waals surface area contributed by atoms with Crippen LogP contribution in [0.25, 0.3) is 0 Å². The van der Waals surface area contributed by atoms with Gasteiger partial charge in [-0.3, -0.25) is 0 Å². The predicted octanol–water partition coefficient (Wildman–Crippen LogP) is 0.127. The van der Waals surface area contributed by atoms with Crippen LogP contribution in [0.1, 0.15) is 5.56 Å². The zero-order chi connectivity index (χ0) is 15.3. The summed E-state index contributed by atoms with van der Waals surface area (Å²) in [4.78, 5) is 12.7. The number of anilines is 1. The fourth-order valence-electron chi connectivity index (χ4n) is 1.50. The van der Waals surface area contributed by atoms with E-state index < -0.39 is 10.0 Å². The molecule has 1 aromatic carbocycles. The molecule has 0 aliphatic rings. The molecular weight excluding hydrogens is 280 g/mol. The van der Waals surface area contributed by atoms with E-state index in [1.54, 1.807) is 26.2 Å². The first-order valence-electron chi connectivity index (χ1n) is 6.05. The van der Waals surface area contributed by atoms with Crippen molar-refractivity contribution < 1.29 is 13.2 Å². The molecule has 0 aliphatic heterocycles. The highest BCUT2D eigenvalue weighted by Gasteiger charge is 2.16. The summed E-state index contributed by atoms with van der Waals surface area (Å²) in [5.41, 5.74) is 6.80. The number of amides is 2. The molecule has 2 amide bonds. The molecule has 20 heavy (non-hydrogen) atoms. The van der Waals surface area contributed by atoms with Crippen molar-refractivity contribution in [1.82, 2.24) is 14.9 Å². The Balaban J connectivity index is 2.60. The summed E-state index contributed by atoms with van der Waals surface area (Å²) in [6, 6.07) is 4.46. The molecule has 0 unspecified atom stereocenters. The van der Waals surface area contributed by atoms with Crippen LogP contribution in [-0.2, 0) is 10.0 Å². The number of nitrogens with one attached hydrogen (secondary N) is 2. The van der Waals surface area contributed by atoms with Gasteiger partial charge in [0.2, 0.25) is 10.0 Å². The number of hydrogen-bond acceptors (Lipinski definition) is 4.